The fourth-order valence-electron chi connectivity index (χ4n) is 7.31. The molecule has 1 heterocycles. The Labute approximate surface area is 559 Å². The third kappa shape index (κ3) is 20.9. The number of hydrogen-bond donors (Lipinski definition) is 1. The van der Waals surface area contributed by atoms with E-state index in [0.717, 1.165) is 26.3 Å². The zero-order chi connectivity index (χ0) is 76.8. The molecule has 1 N–H and O–H groups in total. The van der Waals surface area contributed by atoms with Gasteiger partial charge in [-0.15, -0.1) is 0 Å². The normalized spacial score (nSPS) is 15.9. The summed E-state index contributed by atoms with van der Waals surface area (Å²) in [5, 5.41) is 7.98. The lowest BCUT2D eigenvalue weighted by Crippen LogP contribution is -2.77. The number of aliphatic hydroxyl groups is 1. The summed E-state index contributed by atoms with van der Waals surface area (Å²) in [6.45, 7) is 1.71. The molecule has 1 fully saturated rings. The summed E-state index contributed by atoms with van der Waals surface area (Å²) in [5.41, 5.74) is -4.22. The van der Waals surface area contributed by atoms with E-state index < -0.39 is 180 Å². The van der Waals surface area contributed by atoms with Crippen LogP contribution in [0.2, 0.25) is 0 Å². The highest BCUT2D eigenvalue weighted by molar-refractivity contribution is 9.09. The number of carbonyl (C=O) groups excluding carboxylic acids is 7. The van der Waals surface area contributed by atoms with Gasteiger partial charge in [0.15, 0.2) is 19.8 Å². The molecule has 0 aromatic heterocycles. The number of rotatable bonds is 32. The molecule has 41 heteroatoms. The number of cyclic esters (lactones) is 2. The third-order valence-corrected chi connectivity index (χ3v) is 15.2. The largest absolute Gasteiger partial charge is 0.508 e. The van der Waals surface area contributed by atoms with Crippen LogP contribution in [0.3, 0.4) is 0 Å². The molecule has 0 saturated carbocycles. The Morgan fingerprint density at radius 2 is 0.796 bits per heavy atom. The van der Waals surface area contributed by atoms with Crippen LogP contribution in [-0.4, -0.2) is 178 Å². The molecule has 0 bridgehead atoms. The van der Waals surface area contributed by atoms with E-state index in [1.807, 2.05) is 30.3 Å². The Morgan fingerprint density at radius 1 is 0.469 bits per heavy atom. The first-order chi connectivity index (χ1) is 44.1. The van der Waals surface area contributed by atoms with Crippen molar-refractivity contribution in [2.24, 2.45) is 21.7 Å². The minimum absolute atomic E-state index is 0.0171. The van der Waals surface area contributed by atoms with Gasteiger partial charge in [-0.3, -0.25) is 24.0 Å². The van der Waals surface area contributed by atoms with Crippen LogP contribution in [0.4, 0.5) is 106 Å². The highest BCUT2D eigenvalue weighted by Gasteiger charge is 2.97. The van der Waals surface area contributed by atoms with Crippen LogP contribution in [0.15, 0.2) is 60.7 Å². The molecule has 562 valence electrons. The molecule has 3 rings (SSSR count). The van der Waals surface area contributed by atoms with E-state index in [0.29, 0.717) is 12.2 Å². The maximum Gasteiger partial charge on any atom is 0.508 e. The number of alkyl halides is 24. The average molecular weight is 1600 g/mol. The molecule has 3 atom stereocenters. The van der Waals surface area contributed by atoms with Crippen LogP contribution in [0.1, 0.15) is 95.9 Å². The number of hydrogen-bond acceptors (Lipinski definition) is 17. The highest BCUT2D eigenvalue weighted by Crippen LogP contribution is 2.66. The van der Waals surface area contributed by atoms with Crippen LogP contribution >= 0.6 is 31.9 Å². The fraction of sp³-hybridized carbons (Fsp3) is 0.667. The minimum Gasteiger partial charge on any atom is -0.465 e. The number of halogens is 24. The van der Waals surface area contributed by atoms with Crippen molar-refractivity contribution in [2.45, 2.75) is 150 Å². The summed E-state index contributed by atoms with van der Waals surface area (Å²) in [6.07, 6.45) is -2.40. The number of carbonyl (C=O) groups is 7. The van der Waals surface area contributed by atoms with Gasteiger partial charge in [0.1, 0.15) is 43.9 Å². The SMILES string of the molecule is CC(C)(CC(Br)c1ccccc1)C(=O)OCC(F)(F)C(F)(F)C(F)(F)C(F)(F)C(F)(F)C(F)(F)C(F)(F)C(F)(F)C(F)(F)C(F)(F)CO.CCOC(=O)C(C)(COC(C)=O)COC(=O)OCC(F)(F)COC(=O)C(C)(C)CC(Br)c1ccccc1.CCOC(=O)C1(C)COC(=O)OC1. The standard InChI is InChI=1S/C25H33BrF2O9.C24H19BrF20O3.C8H12O5/c1-6-33-21(31)24(5,13-34-17(2)29)14-36-22(32)37-16-25(27,28)15-35-20(30)23(3,4)12-19(26)18-10-8-7-9-11-18;1-14(2,8-12(25)11-6-4-3-5-7-11)13(47)48-10-16(28,29)18(32,33)20(36,37)22(40,41)24(44,45)23(42,43)21(38,39)19(34,35)17(30,31)15(26,27)9-46;1-3-11-6(9)8(2)4-12-7(10)13-5-8/h7-11,19H,6,12-16H2,1-5H3;3-7,12,46H,8-10H2,1-2H3;3-5H2,1-2H3. The van der Waals surface area contributed by atoms with E-state index in [9.17, 15) is 130 Å². The first kappa shape index (κ1) is 89.7. The van der Waals surface area contributed by atoms with Crippen LogP contribution in [0, 0.1) is 21.7 Å². The smallest absolute Gasteiger partial charge is 0.465 e. The Kier molecular flexibility index (Phi) is 30.6. The van der Waals surface area contributed by atoms with Gasteiger partial charge in [0.05, 0.1) is 24.0 Å². The van der Waals surface area contributed by atoms with Crippen LogP contribution in [-0.2, 0) is 66.6 Å². The lowest BCUT2D eigenvalue weighted by atomic mass is 9.85. The van der Waals surface area contributed by atoms with Gasteiger partial charge in [0, 0.05) is 16.6 Å². The lowest BCUT2D eigenvalue weighted by molar-refractivity contribution is -0.469. The zero-order valence-corrected chi connectivity index (χ0v) is 55.6. The molecule has 0 aliphatic carbocycles. The van der Waals surface area contributed by atoms with E-state index >= 15 is 0 Å². The Balaban J connectivity index is 0.000000843. The Bertz CT molecular complexity index is 2990. The number of ether oxygens (including phenoxy) is 9. The molecule has 1 saturated heterocycles. The lowest BCUT2D eigenvalue weighted by Gasteiger charge is -2.45. The summed E-state index contributed by atoms with van der Waals surface area (Å²) >= 11 is 6.57. The first-order valence-electron chi connectivity index (χ1n) is 27.7. The molecule has 0 radical (unpaired) electrons. The van der Waals surface area contributed by atoms with Gasteiger partial charge in [-0.05, 0) is 79.4 Å². The van der Waals surface area contributed by atoms with Gasteiger partial charge in [0.2, 0.25) is 0 Å². The van der Waals surface area contributed by atoms with E-state index in [-0.39, 0.29) is 31.1 Å². The van der Waals surface area contributed by atoms with E-state index in [4.69, 9.17) is 28.8 Å². The third-order valence-electron chi connectivity index (χ3n) is 13.5. The summed E-state index contributed by atoms with van der Waals surface area (Å²) in [4.78, 5) is 80.7. The van der Waals surface area contributed by atoms with Crippen molar-refractivity contribution >= 4 is 74.0 Å². The number of aliphatic hydroxyl groups excluding tert-OH is 1. The predicted molar refractivity (Wildman–Crippen MR) is 297 cm³/mol. The quantitative estimate of drug-likeness (QED) is 0.0311. The molecule has 1 aliphatic heterocycles. The number of benzene rings is 2. The summed E-state index contributed by atoms with van der Waals surface area (Å²) in [6, 6.07) is 16.7. The predicted octanol–water partition coefficient (Wildman–Crippen LogP) is 15.2. The topological polar surface area (TPSA) is 223 Å². The summed E-state index contributed by atoms with van der Waals surface area (Å²) in [5.74, 6) is -92.4. The molecule has 2 aromatic rings. The second-order valence-electron chi connectivity index (χ2n) is 23.1. The van der Waals surface area contributed by atoms with Crippen LogP contribution < -0.4 is 0 Å². The van der Waals surface area contributed by atoms with Crippen molar-refractivity contribution in [3.05, 3.63) is 71.8 Å². The van der Waals surface area contributed by atoms with Crippen LogP contribution in [0.5, 0.6) is 0 Å². The van der Waals surface area contributed by atoms with E-state index in [1.165, 1.54) is 37.3 Å². The van der Waals surface area contributed by atoms with Gasteiger partial charge in [-0.1, -0.05) is 92.5 Å². The summed E-state index contributed by atoms with van der Waals surface area (Å²) in [7, 11) is 0. The first-order valence-corrected chi connectivity index (χ1v) is 29.5. The molecule has 98 heavy (non-hydrogen) atoms. The molecule has 0 spiro atoms. The Morgan fingerprint density at radius 3 is 1.15 bits per heavy atom. The zero-order valence-electron chi connectivity index (χ0n) is 52.5. The van der Waals surface area contributed by atoms with Crippen molar-refractivity contribution < 1.29 is 178 Å². The average Bonchev–Trinajstić information content (AvgIpc) is 0.688. The van der Waals surface area contributed by atoms with Crippen molar-refractivity contribution in [2.75, 3.05) is 66.1 Å². The van der Waals surface area contributed by atoms with E-state index in [1.54, 1.807) is 34.6 Å². The second kappa shape index (κ2) is 33.5. The molecule has 2 aromatic carbocycles. The monoisotopic (exact) mass is 1600 g/mol. The van der Waals surface area contributed by atoms with E-state index in [2.05, 4.69) is 50.8 Å². The molecular weight excluding hydrogens is 1530 g/mol. The van der Waals surface area contributed by atoms with Crippen molar-refractivity contribution in [3.8, 4) is 0 Å². The van der Waals surface area contributed by atoms with Crippen molar-refractivity contribution in [1.82, 2.24) is 0 Å². The van der Waals surface area contributed by atoms with Gasteiger partial charge in [0.25, 0.3) is 0 Å². The minimum atomic E-state index is -9.18. The maximum absolute atomic E-state index is 14.2. The second-order valence-corrected chi connectivity index (χ2v) is 25.3. The molecule has 3 unspecified atom stereocenters. The highest BCUT2D eigenvalue weighted by atomic mass is 79.9. The Hall–Kier alpha value is -6.29. The maximum atomic E-state index is 14.2. The molecule has 0 amide bonds. The molecular formula is C57H64Br2F22O17. The van der Waals surface area contributed by atoms with Crippen molar-refractivity contribution in [1.29, 1.82) is 0 Å². The number of esters is 5. The fourth-order valence-corrected chi connectivity index (χ4v) is 9.54. The van der Waals surface area contributed by atoms with Gasteiger partial charge >= 0.3 is 107 Å². The van der Waals surface area contributed by atoms with Gasteiger partial charge in [-0.25, -0.2) is 9.59 Å². The van der Waals surface area contributed by atoms with Crippen molar-refractivity contribution in [3.63, 3.8) is 0 Å². The molecule has 1 aliphatic rings. The molecule has 17 nitrogen and oxygen atoms in total. The van der Waals surface area contributed by atoms with Gasteiger partial charge in [-0.2, -0.15) is 96.6 Å². The van der Waals surface area contributed by atoms with Gasteiger partial charge < -0.3 is 47.7 Å². The van der Waals surface area contributed by atoms with Crippen LogP contribution in [0.25, 0.3) is 0 Å². The summed E-state index contributed by atoms with van der Waals surface area (Å²) < 4.78 is 346.